The van der Waals surface area contributed by atoms with Gasteiger partial charge in [-0.1, -0.05) is 6.92 Å². The number of hydrogen-bond donors (Lipinski definition) is 1. The Bertz CT molecular complexity index is 317. The van der Waals surface area contributed by atoms with E-state index in [0.717, 1.165) is 12.2 Å². The van der Waals surface area contributed by atoms with Crippen molar-refractivity contribution < 1.29 is 4.42 Å². The highest BCUT2D eigenvalue weighted by molar-refractivity contribution is 5.11. The van der Waals surface area contributed by atoms with Gasteiger partial charge < -0.3 is 10.2 Å². The summed E-state index contributed by atoms with van der Waals surface area (Å²) in [6.07, 6.45) is 5.34. The van der Waals surface area contributed by atoms with E-state index in [2.05, 4.69) is 18.7 Å². The monoisotopic (exact) mass is 222 g/mol. The van der Waals surface area contributed by atoms with Crippen LogP contribution in [0.3, 0.4) is 0 Å². The molecule has 2 heterocycles. The molecule has 0 aliphatic carbocycles. The van der Waals surface area contributed by atoms with Gasteiger partial charge in [0, 0.05) is 5.54 Å². The van der Waals surface area contributed by atoms with Gasteiger partial charge in [-0.25, -0.2) is 0 Å². The van der Waals surface area contributed by atoms with Gasteiger partial charge in [-0.3, -0.25) is 4.90 Å². The number of nitrogens with two attached hydrogens (primary N) is 1. The van der Waals surface area contributed by atoms with E-state index in [1.54, 1.807) is 6.26 Å². The van der Waals surface area contributed by atoms with Crippen LogP contribution in [-0.2, 0) is 0 Å². The number of furan rings is 1. The van der Waals surface area contributed by atoms with Crippen LogP contribution in [0.2, 0.25) is 0 Å². The molecular formula is C13H22N2O. The molecule has 1 aliphatic heterocycles. The summed E-state index contributed by atoms with van der Waals surface area (Å²) >= 11 is 0. The van der Waals surface area contributed by atoms with Crippen LogP contribution in [0.4, 0.5) is 0 Å². The molecule has 90 valence electrons. The van der Waals surface area contributed by atoms with Crippen LogP contribution in [-0.4, -0.2) is 23.5 Å². The molecule has 1 aromatic heterocycles. The zero-order chi connectivity index (χ0) is 11.6. The Balaban J connectivity index is 2.19. The molecule has 2 atom stereocenters. The summed E-state index contributed by atoms with van der Waals surface area (Å²) in [6, 6.07) is 3.86. The summed E-state index contributed by atoms with van der Waals surface area (Å²) in [5, 5.41) is 0. The number of nitrogens with zero attached hydrogens (tertiary/aromatic N) is 1. The van der Waals surface area contributed by atoms with E-state index in [4.69, 9.17) is 10.2 Å². The molecule has 0 spiro atoms. The average Bonchev–Trinajstić information content (AvgIpc) is 2.98. The van der Waals surface area contributed by atoms with Gasteiger partial charge >= 0.3 is 0 Å². The maximum absolute atomic E-state index is 6.37. The molecule has 2 N–H and O–H groups in total. The molecule has 16 heavy (non-hydrogen) atoms. The van der Waals surface area contributed by atoms with Gasteiger partial charge in [-0.2, -0.15) is 0 Å². The van der Waals surface area contributed by atoms with Gasteiger partial charge in [-0.05, 0) is 51.4 Å². The first-order chi connectivity index (χ1) is 7.68. The summed E-state index contributed by atoms with van der Waals surface area (Å²) in [5.74, 6) is 0.899. The van der Waals surface area contributed by atoms with Gasteiger partial charge in [0.15, 0.2) is 0 Å². The molecule has 1 aliphatic rings. The van der Waals surface area contributed by atoms with Crippen LogP contribution in [0.5, 0.6) is 0 Å². The molecule has 0 saturated carbocycles. The van der Waals surface area contributed by atoms with E-state index in [1.807, 2.05) is 12.1 Å². The third-order valence-corrected chi connectivity index (χ3v) is 4.06. The van der Waals surface area contributed by atoms with Crippen LogP contribution >= 0.6 is 0 Å². The summed E-state index contributed by atoms with van der Waals surface area (Å²) in [4.78, 5) is 2.51. The first-order valence-electron chi connectivity index (χ1n) is 6.22. The molecule has 3 heteroatoms. The zero-order valence-electron chi connectivity index (χ0n) is 10.3. The second kappa shape index (κ2) is 4.60. The minimum absolute atomic E-state index is 0.0222. The van der Waals surface area contributed by atoms with Crippen molar-refractivity contribution in [1.29, 1.82) is 0 Å². The molecule has 0 amide bonds. The Morgan fingerprint density at radius 1 is 1.50 bits per heavy atom. The highest BCUT2D eigenvalue weighted by Gasteiger charge is 2.39. The molecule has 2 rings (SSSR count). The minimum atomic E-state index is -0.0365. The van der Waals surface area contributed by atoms with Crippen LogP contribution in [0, 0.1) is 0 Å². The van der Waals surface area contributed by atoms with Crippen molar-refractivity contribution in [3.05, 3.63) is 24.2 Å². The SMILES string of the molecule is CCC(C)(C(N)c1ccco1)N1CCCC1. The van der Waals surface area contributed by atoms with E-state index >= 15 is 0 Å². The summed E-state index contributed by atoms with van der Waals surface area (Å²) < 4.78 is 5.45. The van der Waals surface area contributed by atoms with Crippen molar-refractivity contribution in [2.24, 2.45) is 5.73 Å². The maximum atomic E-state index is 6.37. The Morgan fingerprint density at radius 3 is 2.69 bits per heavy atom. The highest BCUT2D eigenvalue weighted by atomic mass is 16.3. The van der Waals surface area contributed by atoms with Crippen molar-refractivity contribution in [1.82, 2.24) is 4.90 Å². The lowest BCUT2D eigenvalue weighted by atomic mass is 9.86. The normalized spacial score (nSPS) is 23.2. The molecule has 3 nitrogen and oxygen atoms in total. The number of likely N-dealkylation sites (tertiary alicyclic amines) is 1. The van der Waals surface area contributed by atoms with Crippen LogP contribution < -0.4 is 5.73 Å². The van der Waals surface area contributed by atoms with Crippen molar-refractivity contribution in [2.75, 3.05) is 13.1 Å². The Morgan fingerprint density at radius 2 is 2.19 bits per heavy atom. The fourth-order valence-corrected chi connectivity index (χ4v) is 2.64. The first kappa shape index (κ1) is 11.7. The lowest BCUT2D eigenvalue weighted by Crippen LogP contribution is -2.51. The van der Waals surface area contributed by atoms with Crippen molar-refractivity contribution in [3.8, 4) is 0 Å². The van der Waals surface area contributed by atoms with Gasteiger partial charge in [0.2, 0.25) is 0 Å². The second-order valence-electron chi connectivity index (χ2n) is 4.90. The quantitative estimate of drug-likeness (QED) is 0.851. The Labute approximate surface area is 97.6 Å². The molecule has 0 bridgehead atoms. The number of rotatable bonds is 4. The fraction of sp³-hybridized carbons (Fsp3) is 0.692. The topological polar surface area (TPSA) is 42.4 Å². The van der Waals surface area contributed by atoms with Crippen LogP contribution in [0.15, 0.2) is 22.8 Å². The van der Waals surface area contributed by atoms with Crippen LogP contribution in [0.25, 0.3) is 0 Å². The molecule has 2 unspecified atom stereocenters. The van der Waals surface area contributed by atoms with Crippen molar-refractivity contribution in [3.63, 3.8) is 0 Å². The average molecular weight is 222 g/mol. The Kier molecular flexibility index (Phi) is 3.36. The smallest absolute Gasteiger partial charge is 0.122 e. The third-order valence-electron chi connectivity index (χ3n) is 4.06. The maximum Gasteiger partial charge on any atom is 0.122 e. The number of hydrogen-bond acceptors (Lipinski definition) is 3. The van der Waals surface area contributed by atoms with Gasteiger partial charge in [0.05, 0.1) is 12.3 Å². The summed E-state index contributed by atoms with van der Waals surface area (Å²) in [6.45, 7) is 6.80. The fourth-order valence-electron chi connectivity index (χ4n) is 2.64. The van der Waals surface area contributed by atoms with Crippen molar-refractivity contribution >= 4 is 0 Å². The summed E-state index contributed by atoms with van der Waals surface area (Å²) in [5.41, 5.74) is 6.40. The molecule has 1 saturated heterocycles. The molecule has 1 aromatic rings. The van der Waals surface area contributed by atoms with Gasteiger partial charge in [-0.15, -0.1) is 0 Å². The van der Waals surface area contributed by atoms with Crippen molar-refractivity contribution in [2.45, 2.75) is 44.7 Å². The van der Waals surface area contributed by atoms with E-state index < -0.39 is 0 Å². The molecular weight excluding hydrogens is 200 g/mol. The molecule has 0 radical (unpaired) electrons. The second-order valence-corrected chi connectivity index (χ2v) is 4.90. The van der Waals surface area contributed by atoms with E-state index in [1.165, 1.54) is 25.9 Å². The largest absolute Gasteiger partial charge is 0.468 e. The predicted octanol–water partition coefficient (Wildman–Crippen LogP) is 2.54. The first-order valence-corrected chi connectivity index (χ1v) is 6.22. The standard InChI is InChI=1S/C13H22N2O/c1-3-13(2,15-8-4-5-9-15)12(14)11-7-6-10-16-11/h6-7,10,12H,3-5,8-9,14H2,1-2H3. The molecule has 0 aromatic carbocycles. The van der Waals surface area contributed by atoms with E-state index in [-0.39, 0.29) is 11.6 Å². The zero-order valence-corrected chi connectivity index (χ0v) is 10.3. The van der Waals surface area contributed by atoms with Crippen LogP contribution in [0.1, 0.15) is 44.9 Å². The highest BCUT2D eigenvalue weighted by Crippen LogP contribution is 2.34. The minimum Gasteiger partial charge on any atom is -0.468 e. The molecule has 1 fully saturated rings. The lowest BCUT2D eigenvalue weighted by molar-refractivity contribution is 0.0913. The summed E-state index contributed by atoms with van der Waals surface area (Å²) in [7, 11) is 0. The van der Waals surface area contributed by atoms with Gasteiger partial charge in [0.1, 0.15) is 5.76 Å². The van der Waals surface area contributed by atoms with E-state index in [9.17, 15) is 0 Å². The lowest BCUT2D eigenvalue weighted by Gasteiger charge is -2.42. The predicted molar refractivity (Wildman–Crippen MR) is 65.1 cm³/mol. The van der Waals surface area contributed by atoms with E-state index in [0.29, 0.717) is 0 Å². The van der Waals surface area contributed by atoms with Gasteiger partial charge in [0.25, 0.3) is 0 Å². The third kappa shape index (κ3) is 1.89. The Hall–Kier alpha value is -0.800.